The highest BCUT2D eigenvalue weighted by Gasteiger charge is 2.46. The van der Waals surface area contributed by atoms with Crippen LogP contribution in [0.15, 0.2) is 6.07 Å². The minimum absolute atomic E-state index is 0.201. The van der Waals surface area contributed by atoms with Crippen LogP contribution in [0.2, 0.25) is 0 Å². The van der Waals surface area contributed by atoms with E-state index < -0.39 is 0 Å². The van der Waals surface area contributed by atoms with E-state index in [0.717, 1.165) is 25.9 Å². The average molecular weight is 270 g/mol. The van der Waals surface area contributed by atoms with Crippen molar-refractivity contribution in [3.05, 3.63) is 17.5 Å². The Morgan fingerprint density at radius 3 is 2.72 bits per heavy atom. The number of hydrogen-bond acceptors (Lipinski definition) is 2. The quantitative estimate of drug-likeness (QED) is 0.833. The zero-order chi connectivity index (χ0) is 13.3. The summed E-state index contributed by atoms with van der Waals surface area (Å²) in [5.74, 6) is 0. The zero-order valence-electron chi connectivity index (χ0n) is 11.8. The van der Waals surface area contributed by atoms with E-state index in [9.17, 15) is 0 Å². The molecule has 3 nitrogen and oxygen atoms in total. The predicted octanol–water partition coefficient (Wildman–Crippen LogP) is 2.96. The first-order chi connectivity index (χ1) is 8.48. The van der Waals surface area contributed by atoms with E-state index in [0.29, 0.717) is 11.4 Å². The largest absolute Gasteiger partial charge is 0.308 e. The number of nitrogens with one attached hydrogen (secondary N) is 1. The van der Waals surface area contributed by atoms with Crippen molar-refractivity contribution >= 4 is 11.6 Å². The minimum Gasteiger partial charge on any atom is -0.308 e. The van der Waals surface area contributed by atoms with Crippen LogP contribution in [-0.2, 0) is 19.5 Å². The molecule has 1 aromatic heterocycles. The van der Waals surface area contributed by atoms with E-state index in [-0.39, 0.29) is 5.41 Å². The number of alkyl halides is 1. The van der Waals surface area contributed by atoms with Gasteiger partial charge in [0.2, 0.25) is 0 Å². The highest BCUT2D eigenvalue weighted by atomic mass is 35.5. The fraction of sp³-hybridized carbons (Fsp3) is 0.786. The molecule has 2 unspecified atom stereocenters. The Balaban J connectivity index is 1.96. The minimum atomic E-state index is 0.201. The van der Waals surface area contributed by atoms with Crippen molar-refractivity contribution in [1.29, 1.82) is 0 Å². The number of aromatic nitrogens is 2. The molecule has 2 rings (SSSR count). The molecule has 0 spiro atoms. The van der Waals surface area contributed by atoms with Gasteiger partial charge in [-0.3, -0.25) is 4.68 Å². The van der Waals surface area contributed by atoms with Gasteiger partial charge in [0.1, 0.15) is 0 Å². The van der Waals surface area contributed by atoms with Crippen LogP contribution in [-0.4, -0.2) is 21.2 Å². The lowest BCUT2D eigenvalue weighted by Crippen LogP contribution is -2.57. The summed E-state index contributed by atoms with van der Waals surface area (Å²) in [6.45, 7) is 10.6. The Morgan fingerprint density at radius 2 is 2.22 bits per heavy atom. The van der Waals surface area contributed by atoms with E-state index in [1.165, 1.54) is 11.4 Å². The topological polar surface area (TPSA) is 29.9 Å². The van der Waals surface area contributed by atoms with Gasteiger partial charge in [0, 0.05) is 24.5 Å². The molecule has 1 aromatic rings. The molecular weight excluding hydrogens is 246 g/mol. The first-order valence-corrected chi connectivity index (χ1v) is 7.35. The highest BCUT2D eigenvalue weighted by Crippen LogP contribution is 2.44. The Morgan fingerprint density at radius 1 is 1.50 bits per heavy atom. The summed E-state index contributed by atoms with van der Waals surface area (Å²) in [4.78, 5) is 0. The number of hydrogen-bond donors (Lipinski definition) is 1. The van der Waals surface area contributed by atoms with Crippen LogP contribution in [0.4, 0.5) is 0 Å². The number of aryl methyl sites for hydroxylation is 2. The van der Waals surface area contributed by atoms with Gasteiger partial charge in [0.05, 0.1) is 11.4 Å². The van der Waals surface area contributed by atoms with Crippen molar-refractivity contribution < 1.29 is 0 Å². The van der Waals surface area contributed by atoms with Gasteiger partial charge in [0.15, 0.2) is 0 Å². The third-order valence-electron chi connectivity index (χ3n) is 4.25. The SMILES string of the molecule is CCc1cc(CNC2CC(Cl)C2(C)C)n(CC)n1. The van der Waals surface area contributed by atoms with Crippen LogP contribution >= 0.6 is 11.6 Å². The van der Waals surface area contributed by atoms with E-state index in [2.05, 4.69) is 48.9 Å². The number of halogens is 1. The van der Waals surface area contributed by atoms with Gasteiger partial charge < -0.3 is 5.32 Å². The third-order valence-corrected chi connectivity index (χ3v) is 4.99. The Labute approximate surface area is 115 Å². The van der Waals surface area contributed by atoms with Gasteiger partial charge in [-0.15, -0.1) is 11.6 Å². The molecule has 0 aromatic carbocycles. The van der Waals surface area contributed by atoms with Gasteiger partial charge in [-0.2, -0.15) is 5.10 Å². The van der Waals surface area contributed by atoms with Crippen LogP contribution in [0.3, 0.4) is 0 Å². The molecule has 0 saturated heterocycles. The molecule has 2 atom stereocenters. The van der Waals surface area contributed by atoms with E-state index in [1.807, 2.05) is 0 Å². The first kappa shape index (κ1) is 13.9. The Bertz CT molecular complexity index is 411. The Hall–Kier alpha value is -0.540. The van der Waals surface area contributed by atoms with Gasteiger partial charge in [0.25, 0.3) is 0 Å². The maximum atomic E-state index is 6.24. The van der Waals surface area contributed by atoms with E-state index in [1.54, 1.807) is 0 Å². The highest BCUT2D eigenvalue weighted by molar-refractivity contribution is 6.21. The number of nitrogens with zero attached hydrogens (tertiary/aromatic N) is 2. The second-order valence-electron chi connectivity index (χ2n) is 5.75. The molecule has 18 heavy (non-hydrogen) atoms. The van der Waals surface area contributed by atoms with Crippen molar-refractivity contribution in [3.8, 4) is 0 Å². The maximum absolute atomic E-state index is 6.24. The van der Waals surface area contributed by atoms with Gasteiger partial charge >= 0.3 is 0 Å². The monoisotopic (exact) mass is 269 g/mol. The zero-order valence-corrected chi connectivity index (χ0v) is 12.6. The summed E-state index contributed by atoms with van der Waals surface area (Å²) in [5, 5.41) is 8.50. The van der Waals surface area contributed by atoms with Crippen molar-refractivity contribution in [3.63, 3.8) is 0 Å². The normalized spacial score (nSPS) is 26.1. The summed E-state index contributed by atoms with van der Waals surface area (Å²) in [6, 6.07) is 2.73. The van der Waals surface area contributed by atoms with Crippen LogP contribution < -0.4 is 5.32 Å². The first-order valence-electron chi connectivity index (χ1n) is 6.92. The lowest BCUT2D eigenvalue weighted by atomic mass is 9.67. The molecule has 1 N–H and O–H groups in total. The molecular formula is C14H24ClN3. The van der Waals surface area contributed by atoms with Gasteiger partial charge in [-0.1, -0.05) is 20.8 Å². The Kier molecular flexibility index (Phi) is 4.02. The van der Waals surface area contributed by atoms with Crippen LogP contribution in [0.1, 0.15) is 45.5 Å². The van der Waals surface area contributed by atoms with Crippen molar-refractivity contribution in [2.24, 2.45) is 5.41 Å². The molecule has 1 saturated carbocycles. The summed E-state index contributed by atoms with van der Waals surface area (Å²) in [6.07, 6.45) is 2.06. The maximum Gasteiger partial charge on any atom is 0.0625 e. The fourth-order valence-corrected chi connectivity index (χ4v) is 2.88. The molecule has 4 heteroatoms. The lowest BCUT2D eigenvalue weighted by Gasteiger charge is -2.49. The predicted molar refractivity (Wildman–Crippen MR) is 75.9 cm³/mol. The molecule has 1 fully saturated rings. The van der Waals surface area contributed by atoms with Crippen LogP contribution in [0.5, 0.6) is 0 Å². The van der Waals surface area contributed by atoms with Gasteiger partial charge in [-0.25, -0.2) is 0 Å². The molecule has 0 amide bonds. The average Bonchev–Trinajstić information content (AvgIpc) is 2.76. The molecule has 1 aliphatic carbocycles. The molecule has 0 bridgehead atoms. The van der Waals surface area contributed by atoms with Crippen LogP contribution in [0, 0.1) is 5.41 Å². The lowest BCUT2D eigenvalue weighted by molar-refractivity contribution is 0.115. The number of rotatable bonds is 5. The second kappa shape index (κ2) is 5.22. The summed E-state index contributed by atoms with van der Waals surface area (Å²) >= 11 is 6.24. The van der Waals surface area contributed by atoms with Crippen molar-refractivity contribution in [2.75, 3.05) is 0 Å². The summed E-state index contributed by atoms with van der Waals surface area (Å²) in [7, 11) is 0. The van der Waals surface area contributed by atoms with Crippen LogP contribution in [0.25, 0.3) is 0 Å². The summed E-state index contributed by atoms with van der Waals surface area (Å²) in [5.41, 5.74) is 2.66. The third kappa shape index (κ3) is 2.43. The second-order valence-corrected chi connectivity index (χ2v) is 6.28. The molecule has 1 aliphatic rings. The standard InChI is InChI=1S/C14H24ClN3/c1-5-10-7-11(18(6-2)17-10)9-16-13-8-12(15)14(13,3)4/h7,12-13,16H,5-6,8-9H2,1-4H3. The molecule has 102 valence electrons. The molecule has 1 heterocycles. The van der Waals surface area contributed by atoms with E-state index >= 15 is 0 Å². The van der Waals surface area contributed by atoms with E-state index in [4.69, 9.17) is 11.6 Å². The fourth-order valence-electron chi connectivity index (χ4n) is 2.55. The summed E-state index contributed by atoms with van der Waals surface area (Å²) < 4.78 is 2.09. The van der Waals surface area contributed by atoms with Crippen molar-refractivity contribution in [2.45, 2.75) is 65.0 Å². The van der Waals surface area contributed by atoms with Gasteiger partial charge in [-0.05, 0) is 31.2 Å². The van der Waals surface area contributed by atoms with Crippen molar-refractivity contribution in [1.82, 2.24) is 15.1 Å². The molecule has 0 radical (unpaired) electrons. The molecule has 0 aliphatic heterocycles. The smallest absolute Gasteiger partial charge is 0.0625 e.